The number of hydrogen-bond donors (Lipinski definition) is 4. The van der Waals surface area contributed by atoms with E-state index in [-0.39, 0.29) is 16.2 Å². The summed E-state index contributed by atoms with van der Waals surface area (Å²) in [6.07, 6.45) is -5.87. The van der Waals surface area contributed by atoms with Crippen LogP contribution >= 0.6 is 0 Å². The molecule has 202 valence electrons. The number of amides is 1. The maximum atomic E-state index is 13.0. The van der Waals surface area contributed by atoms with Crippen LogP contribution < -0.4 is 21.3 Å². The molecule has 5 N–H and O–H groups in total. The molecule has 1 amide bonds. The molecule has 1 unspecified atom stereocenters. The average Bonchev–Trinajstić information content (AvgIpc) is 2.84. The molecule has 0 fully saturated rings. The summed E-state index contributed by atoms with van der Waals surface area (Å²) >= 11 is 0. The number of nitrogens with two attached hydrogens (primary N) is 1. The van der Waals surface area contributed by atoms with Gasteiger partial charge in [-0.2, -0.15) is 13.2 Å². The van der Waals surface area contributed by atoms with Crippen molar-refractivity contribution in [3.63, 3.8) is 0 Å². The highest BCUT2D eigenvalue weighted by Gasteiger charge is 2.45. The van der Waals surface area contributed by atoms with Crippen molar-refractivity contribution >= 4 is 33.1 Å². The molecule has 38 heavy (non-hydrogen) atoms. The van der Waals surface area contributed by atoms with Gasteiger partial charge in [0.25, 0.3) is 21.4 Å². The van der Waals surface area contributed by atoms with Gasteiger partial charge in [0.15, 0.2) is 0 Å². The van der Waals surface area contributed by atoms with Gasteiger partial charge in [-0.15, -0.1) is 0 Å². The Morgan fingerprint density at radius 2 is 1.63 bits per heavy atom. The van der Waals surface area contributed by atoms with Gasteiger partial charge in [0.2, 0.25) is 5.91 Å². The first-order valence-corrected chi connectivity index (χ1v) is 12.8. The first-order valence-electron chi connectivity index (χ1n) is 11.3. The van der Waals surface area contributed by atoms with Gasteiger partial charge in [-0.05, 0) is 47.4 Å². The number of benzene rings is 2. The Balaban J connectivity index is 2.03. The number of anilines is 2. The Morgan fingerprint density at radius 1 is 1.03 bits per heavy atom. The third-order valence-electron chi connectivity index (χ3n) is 5.52. The minimum absolute atomic E-state index is 0.119. The number of alkyl halides is 3. The number of aromatic amines is 1. The van der Waals surface area contributed by atoms with Crippen molar-refractivity contribution < 1.29 is 31.2 Å². The average molecular weight is 551 g/mol. The van der Waals surface area contributed by atoms with E-state index in [2.05, 4.69) is 15.0 Å². The molecule has 0 aliphatic carbocycles. The summed E-state index contributed by atoms with van der Waals surface area (Å²) < 4.78 is 67.2. The standard InChI is InChI=1S/C25H25F3N4O5S/c1-14(2)21(23(34)25(26,27)28)31-20(33)13-16-12-19(15-6-4-3-5-7-15)30-24(35)22(16)32-38(36,37)18-10-8-17(29)9-11-18/h3-12,14,21,32H,13,29H2,1-2H3,(H,30,35)(H,31,33). The molecule has 3 rings (SSSR count). The Labute approximate surface area is 216 Å². The second-order valence-corrected chi connectivity index (χ2v) is 10.5. The molecular formula is C25H25F3N4O5S. The molecule has 0 aliphatic rings. The van der Waals surface area contributed by atoms with Crippen molar-refractivity contribution in [2.75, 3.05) is 10.5 Å². The summed E-state index contributed by atoms with van der Waals surface area (Å²) in [4.78, 5) is 40.0. The van der Waals surface area contributed by atoms with Crippen LogP contribution in [-0.4, -0.2) is 37.3 Å². The van der Waals surface area contributed by atoms with Crippen LogP contribution in [-0.2, 0) is 26.0 Å². The van der Waals surface area contributed by atoms with Crippen molar-refractivity contribution in [2.45, 2.75) is 37.4 Å². The highest BCUT2D eigenvalue weighted by Crippen LogP contribution is 2.24. The van der Waals surface area contributed by atoms with Crippen LogP contribution in [0.1, 0.15) is 19.4 Å². The number of pyridine rings is 1. The van der Waals surface area contributed by atoms with Gasteiger partial charge in [0.05, 0.1) is 17.4 Å². The van der Waals surface area contributed by atoms with E-state index in [1.807, 2.05) is 0 Å². The molecule has 0 bridgehead atoms. The third kappa shape index (κ3) is 6.79. The van der Waals surface area contributed by atoms with Crippen LogP contribution in [0.3, 0.4) is 0 Å². The fourth-order valence-electron chi connectivity index (χ4n) is 3.59. The summed E-state index contributed by atoms with van der Waals surface area (Å²) in [5.74, 6) is -4.03. The fourth-order valence-corrected chi connectivity index (χ4v) is 4.69. The van der Waals surface area contributed by atoms with Crippen LogP contribution in [0.2, 0.25) is 0 Å². The number of nitrogens with one attached hydrogen (secondary N) is 3. The van der Waals surface area contributed by atoms with Gasteiger partial charge >= 0.3 is 6.18 Å². The van der Waals surface area contributed by atoms with E-state index < -0.39 is 57.5 Å². The molecule has 0 radical (unpaired) electrons. The maximum Gasteiger partial charge on any atom is 0.452 e. The third-order valence-corrected chi connectivity index (χ3v) is 6.89. The van der Waals surface area contributed by atoms with E-state index in [1.165, 1.54) is 44.2 Å². The van der Waals surface area contributed by atoms with Crippen molar-refractivity contribution in [3.05, 3.63) is 76.6 Å². The second-order valence-electron chi connectivity index (χ2n) is 8.78. The number of carbonyl (C=O) groups excluding carboxylic acids is 2. The van der Waals surface area contributed by atoms with Crippen molar-refractivity contribution in [1.82, 2.24) is 10.3 Å². The summed E-state index contributed by atoms with van der Waals surface area (Å²) in [6.45, 7) is 2.67. The lowest BCUT2D eigenvalue weighted by molar-refractivity contribution is -0.174. The lowest BCUT2D eigenvalue weighted by Crippen LogP contribution is -2.50. The number of aromatic nitrogens is 1. The number of rotatable bonds is 9. The summed E-state index contributed by atoms with van der Waals surface area (Å²) in [5.41, 5.74) is 5.16. The molecule has 1 aromatic heterocycles. The number of Topliss-reactive ketones (excluding diaryl/α,β-unsaturated/α-hetero) is 1. The van der Waals surface area contributed by atoms with E-state index in [4.69, 9.17) is 5.73 Å². The predicted octanol–water partition coefficient (Wildman–Crippen LogP) is 3.24. The number of H-pyrrole nitrogens is 1. The number of ketones is 1. The molecule has 1 heterocycles. The summed E-state index contributed by atoms with van der Waals surface area (Å²) in [5, 5.41) is 2.07. The van der Waals surface area contributed by atoms with Gasteiger partial charge in [-0.1, -0.05) is 44.2 Å². The van der Waals surface area contributed by atoms with Crippen LogP contribution in [0, 0.1) is 5.92 Å². The monoisotopic (exact) mass is 550 g/mol. The van der Waals surface area contributed by atoms with E-state index >= 15 is 0 Å². The largest absolute Gasteiger partial charge is 0.452 e. The van der Waals surface area contributed by atoms with Crippen LogP contribution in [0.4, 0.5) is 24.5 Å². The molecule has 0 spiro atoms. The van der Waals surface area contributed by atoms with Crippen molar-refractivity contribution in [1.29, 1.82) is 0 Å². The quantitative estimate of drug-likeness (QED) is 0.300. The number of sulfonamides is 1. The van der Waals surface area contributed by atoms with Crippen molar-refractivity contribution in [3.8, 4) is 11.3 Å². The number of carbonyl (C=O) groups is 2. The van der Waals surface area contributed by atoms with E-state index in [0.717, 1.165) is 0 Å². The predicted molar refractivity (Wildman–Crippen MR) is 136 cm³/mol. The first kappa shape index (κ1) is 28.4. The first-order chi connectivity index (χ1) is 17.7. The molecule has 3 aromatic rings. The zero-order valence-corrected chi connectivity index (χ0v) is 21.1. The minimum Gasteiger partial charge on any atom is -0.399 e. The van der Waals surface area contributed by atoms with E-state index in [0.29, 0.717) is 11.3 Å². The van der Waals surface area contributed by atoms with Crippen LogP contribution in [0.15, 0.2) is 70.4 Å². The van der Waals surface area contributed by atoms with Gasteiger partial charge in [0.1, 0.15) is 5.69 Å². The SMILES string of the molecule is CC(C)C(NC(=O)Cc1cc(-c2ccccc2)[nH]c(=O)c1NS(=O)(=O)c1ccc(N)cc1)C(=O)C(F)(F)F. The van der Waals surface area contributed by atoms with E-state index in [1.54, 1.807) is 30.3 Å². The Kier molecular flexibility index (Phi) is 8.30. The van der Waals surface area contributed by atoms with Crippen LogP contribution in [0.25, 0.3) is 11.3 Å². The van der Waals surface area contributed by atoms with Crippen LogP contribution in [0.5, 0.6) is 0 Å². The second kappa shape index (κ2) is 11.1. The number of nitrogen functional groups attached to an aromatic ring is 1. The van der Waals surface area contributed by atoms with Crippen molar-refractivity contribution in [2.24, 2.45) is 5.92 Å². The molecular weight excluding hydrogens is 525 g/mol. The fraction of sp³-hybridized carbons (Fsp3) is 0.240. The Hall–Kier alpha value is -4.13. The zero-order chi connectivity index (χ0) is 28.3. The number of halogens is 3. The smallest absolute Gasteiger partial charge is 0.399 e. The molecule has 0 aliphatic heterocycles. The lowest BCUT2D eigenvalue weighted by atomic mass is 9.98. The van der Waals surface area contributed by atoms with E-state index in [9.17, 15) is 36.0 Å². The lowest BCUT2D eigenvalue weighted by Gasteiger charge is -2.22. The minimum atomic E-state index is -5.17. The summed E-state index contributed by atoms with van der Waals surface area (Å²) in [7, 11) is -4.32. The van der Waals surface area contributed by atoms with Gasteiger partial charge in [-0.25, -0.2) is 8.42 Å². The molecule has 9 nitrogen and oxygen atoms in total. The van der Waals surface area contributed by atoms with Gasteiger partial charge < -0.3 is 16.0 Å². The molecule has 2 aromatic carbocycles. The van der Waals surface area contributed by atoms with Gasteiger partial charge in [0, 0.05) is 11.4 Å². The van der Waals surface area contributed by atoms with Gasteiger partial charge in [-0.3, -0.25) is 19.1 Å². The topological polar surface area (TPSA) is 151 Å². The molecule has 13 heteroatoms. The Bertz CT molecular complexity index is 1490. The molecule has 1 atom stereocenters. The number of hydrogen-bond acceptors (Lipinski definition) is 6. The highest BCUT2D eigenvalue weighted by molar-refractivity contribution is 7.92. The molecule has 0 saturated heterocycles. The highest BCUT2D eigenvalue weighted by atomic mass is 32.2. The molecule has 0 saturated carbocycles. The zero-order valence-electron chi connectivity index (χ0n) is 20.3. The summed E-state index contributed by atoms with van der Waals surface area (Å²) in [6, 6.07) is 13.0. The Morgan fingerprint density at radius 3 is 2.18 bits per heavy atom. The maximum absolute atomic E-state index is 13.0. The normalized spacial score (nSPS) is 12.7.